The summed E-state index contributed by atoms with van der Waals surface area (Å²) in [6, 6.07) is 21.6. The molecule has 2 nitrogen and oxygen atoms in total. The van der Waals surface area contributed by atoms with Crippen LogP contribution in [0.2, 0.25) is 5.04 Å². The van der Waals surface area contributed by atoms with E-state index >= 15 is 0 Å². The van der Waals surface area contributed by atoms with E-state index in [1.165, 1.54) is 10.4 Å². The van der Waals surface area contributed by atoms with E-state index in [0.717, 1.165) is 25.9 Å². The van der Waals surface area contributed by atoms with Gasteiger partial charge in [-0.05, 0) is 46.5 Å². The number of hydrogen-bond acceptors (Lipinski definition) is 2. The van der Waals surface area contributed by atoms with Crippen LogP contribution in [-0.2, 0) is 4.43 Å². The van der Waals surface area contributed by atoms with Gasteiger partial charge in [-0.3, -0.25) is 0 Å². The first-order valence-corrected chi connectivity index (χ1v) is 12.2. The van der Waals surface area contributed by atoms with E-state index in [-0.39, 0.29) is 11.1 Å². The Bertz CT molecular complexity index is 669. The Hall–Kier alpha value is -1.42. The second-order valence-corrected chi connectivity index (χ2v) is 13.5. The largest absolute Gasteiger partial charge is 0.407 e. The van der Waals surface area contributed by atoms with E-state index in [1.807, 2.05) is 0 Å². The summed E-state index contributed by atoms with van der Waals surface area (Å²) in [6.45, 7) is 9.84. The molecule has 0 aromatic heterocycles. The SMILES string of the molecule is C[C@@H]1CC[C@@H](CO[Si](c2ccccc2)(c2ccccc2)C(C)(C)C)C[C@@H]1O. The van der Waals surface area contributed by atoms with Crippen LogP contribution in [0.5, 0.6) is 0 Å². The molecule has 0 saturated heterocycles. The van der Waals surface area contributed by atoms with Crippen molar-refractivity contribution in [2.24, 2.45) is 11.8 Å². The van der Waals surface area contributed by atoms with Crippen molar-refractivity contribution in [3.05, 3.63) is 60.7 Å². The molecule has 1 aliphatic rings. The predicted octanol–water partition coefficient (Wildman–Crippen LogP) is 4.36. The number of rotatable bonds is 5. The Morgan fingerprint density at radius 2 is 1.44 bits per heavy atom. The van der Waals surface area contributed by atoms with Crippen LogP contribution in [0.15, 0.2) is 60.7 Å². The first-order chi connectivity index (χ1) is 12.8. The summed E-state index contributed by atoms with van der Waals surface area (Å²) < 4.78 is 7.02. The molecule has 0 bridgehead atoms. The molecule has 0 unspecified atom stereocenters. The molecular formula is C24H34O2Si. The van der Waals surface area contributed by atoms with Crippen LogP contribution in [-0.4, -0.2) is 26.1 Å². The molecule has 3 rings (SSSR count). The quantitative estimate of drug-likeness (QED) is 0.779. The maximum Gasteiger partial charge on any atom is 0.261 e. The molecular weight excluding hydrogens is 348 g/mol. The Morgan fingerprint density at radius 3 is 1.89 bits per heavy atom. The molecule has 3 heteroatoms. The lowest BCUT2D eigenvalue weighted by molar-refractivity contribution is 0.0380. The number of hydrogen-bond donors (Lipinski definition) is 1. The Labute approximate surface area is 165 Å². The van der Waals surface area contributed by atoms with Crippen molar-refractivity contribution < 1.29 is 9.53 Å². The third-order valence-electron chi connectivity index (χ3n) is 6.21. The van der Waals surface area contributed by atoms with Crippen molar-refractivity contribution in [2.45, 2.75) is 58.1 Å². The van der Waals surface area contributed by atoms with Gasteiger partial charge in [0.25, 0.3) is 8.32 Å². The van der Waals surface area contributed by atoms with E-state index in [4.69, 9.17) is 4.43 Å². The zero-order chi connectivity index (χ0) is 19.5. The highest BCUT2D eigenvalue weighted by atomic mass is 28.4. The molecule has 3 atom stereocenters. The van der Waals surface area contributed by atoms with Crippen molar-refractivity contribution >= 4 is 18.7 Å². The van der Waals surface area contributed by atoms with Gasteiger partial charge in [0.1, 0.15) is 0 Å². The monoisotopic (exact) mass is 382 g/mol. The molecule has 1 N–H and O–H groups in total. The molecule has 2 aromatic carbocycles. The minimum atomic E-state index is -2.45. The van der Waals surface area contributed by atoms with Crippen molar-refractivity contribution in [3.63, 3.8) is 0 Å². The van der Waals surface area contributed by atoms with Crippen molar-refractivity contribution in [1.29, 1.82) is 0 Å². The fourth-order valence-electron chi connectivity index (χ4n) is 4.54. The summed E-state index contributed by atoms with van der Waals surface area (Å²) in [7, 11) is -2.45. The standard InChI is InChI=1S/C24H34O2Si/c1-19-15-16-20(17-23(19)25)18-26-27(24(2,3)4,21-11-7-5-8-12-21)22-13-9-6-10-14-22/h5-14,19-20,23,25H,15-18H2,1-4H3/t19-,20-,23+/m1/s1. The molecule has 0 heterocycles. The molecule has 1 saturated carbocycles. The van der Waals surface area contributed by atoms with Gasteiger partial charge in [0.05, 0.1) is 6.10 Å². The first-order valence-electron chi connectivity index (χ1n) is 10.3. The second kappa shape index (κ2) is 8.30. The smallest absolute Gasteiger partial charge is 0.261 e. The summed E-state index contributed by atoms with van der Waals surface area (Å²) >= 11 is 0. The minimum absolute atomic E-state index is 0.0102. The van der Waals surface area contributed by atoms with Crippen LogP contribution in [0.25, 0.3) is 0 Å². The lowest BCUT2D eigenvalue weighted by Crippen LogP contribution is -2.67. The van der Waals surface area contributed by atoms with Crippen LogP contribution in [0.1, 0.15) is 47.0 Å². The highest BCUT2D eigenvalue weighted by molar-refractivity contribution is 6.99. The predicted molar refractivity (Wildman–Crippen MR) is 116 cm³/mol. The Morgan fingerprint density at radius 1 is 0.926 bits per heavy atom. The molecule has 0 aliphatic heterocycles. The fourth-order valence-corrected chi connectivity index (χ4v) is 9.18. The van der Waals surface area contributed by atoms with E-state index in [0.29, 0.717) is 11.8 Å². The van der Waals surface area contributed by atoms with Gasteiger partial charge >= 0.3 is 0 Å². The zero-order valence-corrected chi connectivity index (χ0v) is 18.2. The summed E-state index contributed by atoms with van der Waals surface area (Å²) in [5.74, 6) is 0.854. The molecule has 146 valence electrons. The topological polar surface area (TPSA) is 29.5 Å². The van der Waals surface area contributed by atoms with E-state index < -0.39 is 8.32 Å². The average molecular weight is 383 g/mol. The second-order valence-electron chi connectivity index (χ2n) is 9.20. The van der Waals surface area contributed by atoms with Crippen LogP contribution >= 0.6 is 0 Å². The van der Waals surface area contributed by atoms with Crippen LogP contribution in [0.4, 0.5) is 0 Å². The van der Waals surface area contributed by atoms with Crippen LogP contribution in [0, 0.1) is 11.8 Å². The third kappa shape index (κ3) is 4.21. The maximum atomic E-state index is 10.3. The third-order valence-corrected chi connectivity index (χ3v) is 11.2. The molecule has 0 radical (unpaired) electrons. The van der Waals surface area contributed by atoms with Crippen molar-refractivity contribution in [1.82, 2.24) is 0 Å². The lowest BCUT2D eigenvalue weighted by atomic mass is 9.81. The highest BCUT2D eigenvalue weighted by Crippen LogP contribution is 2.38. The molecule has 1 fully saturated rings. The van der Waals surface area contributed by atoms with Gasteiger partial charge in [-0.25, -0.2) is 0 Å². The van der Waals surface area contributed by atoms with Crippen LogP contribution < -0.4 is 10.4 Å². The minimum Gasteiger partial charge on any atom is -0.407 e. The molecule has 2 aromatic rings. The number of aliphatic hydroxyl groups is 1. The van der Waals surface area contributed by atoms with Gasteiger partial charge < -0.3 is 9.53 Å². The Balaban J connectivity index is 1.97. The average Bonchev–Trinajstić information content (AvgIpc) is 2.66. The van der Waals surface area contributed by atoms with Crippen molar-refractivity contribution in [3.8, 4) is 0 Å². The lowest BCUT2D eigenvalue weighted by Gasteiger charge is -2.44. The number of aliphatic hydroxyl groups excluding tert-OH is 1. The van der Waals surface area contributed by atoms with Gasteiger partial charge in [-0.15, -0.1) is 0 Å². The molecule has 0 spiro atoms. The fraction of sp³-hybridized carbons (Fsp3) is 0.500. The van der Waals surface area contributed by atoms with Gasteiger partial charge in [-0.2, -0.15) is 0 Å². The molecule has 0 amide bonds. The summed E-state index contributed by atoms with van der Waals surface area (Å²) in [5, 5.41) is 13.0. The van der Waals surface area contributed by atoms with Gasteiger partial charge in [0.15, 0.2) is 0 Å². The molecule has 1 aliphatic carbocycles. The van der Waals surface area contributed by atoms with Crippen molar-refractivity contribution in [2.75, 3.05) is 6.61 Å². The Kier molecular flexibility index (Phi) is 6.24. The van der Waals surface area contributed by atoms with E-state index in [1.54, 1.807) is 0 Å². The molecule has 27 heavy (non-hydrogen) atoms. The normalized spacial score (nSPS) is 24.0. The number of benzene rings is 2. The van der Waals surface area contributed by atoms with Gasteiger partial charge in [-0.1, -0.05) is 88.4 Å². The first kappa shape index (κ1) is 20.3. The van der Waals surface area contributed by atoms with E-state index in [9.17, 15) is 5.11 Å². The van der Waals surface area contributed by atoms with Gasteiger partial charge in [0.2, 0.25) is 0 Å². The summed E-state index contributed by atoms with van der Waals surface area (Å²) in [4.78, 5) is 0. The summed E-state index contributed by atoms with van der Waals surface area (Å²) in [5.41, 5.74) is 0. The maximum absolute atomic E-state index is 10.3. The summed E-state index contributed by atoms with van der Waals surface area (Å²) in [6.07, 6.45) is 2.91. The van der Waals surface area contributed by atoms with Crippen LogP contribution in [0.3, 0.4) is 0 Å². The van der Waals surface area contributed by atoms with Gasteiger partial charge in [0, 0.05) is 6.61 Å². The highest BCUT2D eigenvalue weighted by Gasteiger charge is 2.50. The van der Waals surface area contributed by atoms with E-state index in [2.05, 4.69) is 88.4 Å². The zero-order valence-electron chi connectivity index (χ0n) is 17.2.